The number of methoxy groups -OCH3 is 1. The summed E-state index contributed by atoms with van der Waals surface area (Å²) in [5.41, 5.74) is 9.88. The first kappa shape index (κ1) is 23.6. The molecule has 0 radical (unpaired) electrons. The van der Waals surface area contributed by atoms with Gasteiger partial charge >= 0.3 is 0 Å². The fourth-order valence-corrected chi connectivity index (χ4v) is 4.55. The molecule has 0 saturated carbocycles. The van der Waals surface area contributed by atoms with Crippen molar-refractivity contribution in [3.05, 3.63) is 72.6 Å². The van der Waals surface area contributed by atoms with Crippen molar-refractivity contribution in [2.75, 3.05) is 42.3 Å². The van der Waals surface area contributed by atoms with Gasteiger partial charge in [0.2, 0.25) is 5.91 Å². The topological polar surface area (TPSA) is 105 Å². The number of amides is 1. The predicted octanol–water partition coefficient (Wildman–Crippen LogP) is 3.97. The fourth-order valence-electron chi connectivity index (χ4n) is 4.55. The zero-order chi connectivity index (χ0) is 25.4. The van der Waals surface area contributed by atoms with Gasteiger partial charge in [0, 0.05) is 41.5 Å². The highest BCUT2D eigenvalue weighted by molar-refractivity contribution is 6.01. The van der Waals surface area contributed by atoms with E-state index < -0.39 is 5.60 Å². The number of nitrogen functional groups attached to an aromatic ring is 1. The highest BCUT2D eigenvalue weighted by Gasteiger charge is 2.29. The van der Waals surface area contributed by atoms with Crippen LogP contribution in [0.1, 0.15) is 19.4 Å². The van der Waals surface area contributed by atoms with E-state index in [0.29, 0.717) is 35.9 Å². The number of pyridine rings is 2. The van der Waals surface area contributed by atoms with E-state index in [1.165, 1.54) is 0 Å². The Hall–Kier alpha value is -4.17. The molecule has 1 saturated heterocycles. The Morgan fingerprint density at radius 3 is 2.42 bits per heavy atom. The maximum absolute atomic E-state index is 13.1. The van der Waals surface area contributed by atoms with Crippen molar-refractivity contribution in [1.29, 1.82) is 0 Å². The van der Waals surface area contributed by atoms with Crippen LogP contribution in [-0.2, 0) is 10.4 Å². The third-order valence-electron chi connectivity index (χ3n) is 6.55. The second-order valence-electron chi connectivity index (χ2n) is 9.43. The molecule has 0 spiro atoms. The molecule has 1 aliphatic heterocycles. The molecular weight excluding hydrogens is 454 g/mol. The second-order valence-corrected chi connectivity index (χ2v) is 9.43. The van der Waals surface area contributed by atoms with E-state index in [-0.39, 0.29) is 12.5 Å². The van der Waals surface area contributed by atoms with Crippen LogP contribution in [0.3, 0.4) is 0 Å². The first-order chi connectivity index (χ1) is 17.3. The lowest BCUT2D eigenvalue weighted by Crippen LogP contribution is -2.51. The number of anilines is 3. The number of carbonyl (C=O) groups is 1. The Balaban J connectivity index is 1.43. The number of ether oxygens (including phenoxy) is 1. The van der Waals surface area contributed by atoms with E-state index in [1.54, 1.807) is 50.4 Å². The zero-order valence-electron chi connectivity index (χ0n) is 20.6. The van der Waals surface area contributed by atoms with Crippen LogP contribution in [0.5, 0.6) is 5.75 Å². The number of piperazine rings is 1. The number of para-hydroxylation sites is 1. The van der Waals surface area contributed by atoms with Gasteiger partial charge in [-0.05, 0) is 43.7 Å². The molecule has 8 nitrogen and oxygen atoms in total. The molecule has 8 heteroatoms. The Bertz CT molecular complexity index is 1410. The van der Waals surface area contributed by atoms with Gasteiger partial charge in [-0.25, -0.2) is 4.98 Å². The van der Waals surface area contributed by atoms with E-state index in [2.05, 4.69) is 4.98 Å². The summed E-state index contributed by atoms with van der Waals surface area (Å²) in [6.45, 7) is 4.66. The molecule has 3 N–H and O–H groups in total. The number of rotatable bonds is 5. The van der Waals surface area contributed by atoms with Crippen molar-refractivity contribution in [2.45, 2.75) is 19.4 Å². The monoisotopic (exact) mass is 483 g/mol. The Morgan fingerprint density at radius 1 is 1.00 bits per heavy atom. The number of aliphatic hydroxyl groups is 1. The molecule has 1 amide bonds. The molecule has 1 fully saturated rings. The van der Waals surface area contributed by atoms with Gasteiger partial charge in [-0.3, -0.25) is 14.7 Å². The lowest BCUT2D eigenvalue weighted by atomic mass is 10.0. The van der Waals surface area contributed by atoms with Gasteiger partial charge in [0.05, 0.1) is 36.7 Å². The molecule has 0 unspecified atom stereocenters. The minimum atomic E-state index is -0.985. The SMILES string of the molecule is COc1c(N2CCN(c3ccc(C(C)(C)O)cn3)C(=O)C2)cnc2c(-c3ccc(N)cc3)cccc12. The molecule has 1 aliphatic rings. The summed E-state index contributed by atoms with van der Waals surface area (Å²) in [7, 11) is 1.64. The first-order valence-electron chi connectivity index (χ1n) is 11.8. The second kappa shape index (κ2) is 9.13. The number of fused-ring (bicyclic) bond motifs is 1. The van der Waals surface area contributed by atoms with Crippen LogP contribution >= 0.6 is 0 Å². The lowest BCUT2D eigenvalue weighted by molar-refractivity contribution is -0.117. The first-order valence-corrected chi connectivity index (χ1v) is 11.8. The Kier molecular flexibility index (Phi) is 5.97. The van der Waals surface area contributed by atoms with E-state index in [9.17, 15) is 9.90 Å². The predicted molar refractivity (Wildman–Crippen MR) is 142 cm³/mol. The van der Waals surface area contributed by atoms with Crippen LogP contribution in [0.2, 0.25) is 0 Å². The third-order valence-corrected chi connectivity index (χ3v) is 6.55. The van der Waals surface area contributed by atoms with E-state index >= 15 is 0 Å². The molecule has 2 aromatic carbocycles. The quantitative estimate of drug-likeness (QED) is 0.414. The van der Waals surface area contributed by atoms with Crippen molar-refractivity contribution in [3.63, 3.8) is 0 Å². The van der Waals surface area contributed by atoms with Gasteiger partial charge in [0.1, 0.15) is 5.82 Å². The largest absolute Gasteiger partial charge is 0.494 e. The molecule has 0 bridgehead atoms. The third kappa shape index (κ3) is 4.31. The maximum Gasteiger partial charge on any atom is 0.247 e. The number of hydrogen-bond acceptors (Lipinski definition) is 7. The number of benzene rings is 2. The van der Waals surface area contributed by atoms with Gasteiger partial charge < -0.3 is 20.5 Å². The van der Waals surface area contributed by atoms with Gasteiger partial charge in [0.15, 0.2) is 5.75 Å². The van der Waals surface area contributed by atoms with Crippen LogP contribution < -0.4 is 20.3 Å². The van der Waals surface area contributed by atoms with Crippen LogP contribution in [0, 0.1) is 0 Å². The van der Waals surface area contributed by atoms with E-state index in [1.807, 2.05) is 47.4 Å². The highest BCUT2D eigenvalue weighted by atomic mass is 16.5. The molecule has 2 aromatic heterocycles. The summed E-state index contributed by atoms with van der Waals surface area (Å²) in [5, 5.41) is 11.0. The number of nitrogens with two attached hydrogens (primary N) is 1. The Labute approximate surface area is 210 Å². The average molecular weight is 484 g/mol. The van der Waals surface area contributed by atoms with Crippen molar-refractivity contribution in [3.8, 4) is 16.9 Å². The lowest BCUT2D eigenvalue weighted by Gasteiger charge is -2.35. The van der Waals surface area contributed by atoms with Crippen LogP contribution in [0.15, 0.2) is 67.0 Å². The minimum absolute atomic E-state index is 0.0671. The summed E-state index contributed by atoms with van der Waals surface area (Å²) in [6.07, 6.45) is 3.39. The van der Waals surface area contributed by atoms with Gasteiger partial charge in [0.25, 0.3) is 0 Å². The number of carbonyl (C=O) groups excluding carboxylic acids is 1. The van der Waals surface area contributed by atoms with Gasteiger partial charge in [-0.1, -0.05) is 30.3 Å². The van der Waals surface area contributed by atoms with E-state index in [0.717, 1.165) is 27.7 Å². The summed E-state index contributed by atoms with van der Waals surface area (Å²) >= 11 is 0. The molecular formula is C28H29N5O3. The number of aromatic nitrogens is 2. The smallest absolute Gasteiger partial charge is 0.247 e. The summed E-state index contributed by atoms with van der Waals surface area (Å²) in [5.74, 6) is 1.19. The summed E-state index contributed by atoms with van der Waals surface area (Å²) in [4.78, 5) is 26.0. The molecule has 0 aliphatic carbocycles. The normalized spacial score (nSPS) is 14.4. The average Bonchev–Trinajstić information content (AvgIpc) is 2.87. The van der Waals surface area contributed by atoms with E-state index in [4.69, 9.17) is 15.5 Å². The van der Waals surface area contributed by atoms with Crippen LogP contribution in [0.25, 0.3) is 22.0 Å². The Morgan fingerprint density at radius 2 is 1.78 bits per heavy atom. The van der Waals surface area contributed by atoms with Crippen molar-refractivity contribution < 1.29 is 14.6 Å². The van der Waals surface area contributed by atoms with Gasteiger partial charge in [-0.2, -0.15) is 0 Å². The van der Waals surface area contributed by atoms with Crippen LogP contribution in [0.4, 0.5) is 17.2 Å². The minimum Gasteiger partial charge on any atom is -0.494 e. The number of hydrogen-bond donors (Lipinski definition) is 2. The zero-order valence-corrected chi connectivity index (χ0v) is 20.6. The molecule has 184 valence electrons. The number of nitrogens with zero attached hydrogens (tertiary/aromatic N) is 4. The summed E-state index contributed by atoms with van der Waals surface area (Å²) < 4.78 is 5.85. The molecule has 4 aromatic rings. The molecule has 5 rings (SSSR count). The van der Waals surface area contributed by atoms with Crippen LogP contribution in [-0.4, -0.2) is 47.7 Å². The summed E-state index contributed by atoms with van der Waals surface area (Å²) in [6, 6.07) is 17.3. The van der Waals surface area contributed by atoms with Crippen molar-refractivity contribution >= 4 is 34.0 Å². The molecule has 36 heavy (non-hydrogen) atoms. The van der Waals surface area contributed by atoms with Crippen molar-refractivity contribution in [2.24, 2.45) is 0 Å². The molecule has 3 heterocycles. The van der Waals surface area contributed by atoms with Gasteiger partial charge in [-0.15, -0.1) is 0 Å². The fraction of sp³-hybridized carbons (Fsp3) is 0.250. The highest BCUT2D eigenvalue weighted by Crippen LogP contribution is 2.39. The maximum atomic E-state index is 13.1. The molecule has 0 atom stereocenters. The standard InChI is InChI=1S/C28H29N5O3/c1-28(2,35)19-9-12-24(30-15-19)33-14-13-32(17-25(33)34)23-16-31-26-21(18-7-10-20(29)11-8-18)5-4-6-22(26)27(23)36-3/h4-12,15-16,35H,13-14,17,29H2,1-3H3. The van der Waals surface area contributed by atoms with Crippen molar-refractivity contribution in [1.82, 2.24) is 9.97 Å².